The molecule has 3 N–H and O–H groups in total. The molecule has 0 saturated heterocycles. The number of nitrogens with one attached hydrogen (secondary N) is 1. The van der Waals surface area contributed by atoms with Gasteiger partial charge in [-0.3, -0.25) is 10.1 Å². The number of nitrogens with two attached hydrogens (primary N) is 1. The number of hydrogen-bond donors (Lipinski definition) is 2. The van der Waals surface area contributed by atoms with Gasteiger partial charge < -0.3 is 10.5 Å². The standard InChI is InChI=1S/C11H10N4O/c1-16-6-2-3-9-7(4-6)10-8(5-13-9)11(12)15-14-10/h2-5H,1H3,(H3,12,14,15). The number of benzene rings is 1. The number of nitrogen functional groups attached to an aromatic ring is 1. The highest BCUT2D eigenvalue weighted by atomic mass is 16.5. The summed E-state index contributed by atoms with van der Waals surface area (Å²) in [6, 6.07) is 5.70. The van der Waals surface area contributed by atoms with Crippen LogP contribution in [0.25, 0.3) is 21.8 Å². The van der Waals surface area contributed by atoms with E-state index in [2.05, 4.69) is 15.2 Å². The summed E-state index contributed by atoms with van der Waals surface area (Å²) in [6.45, 7) is 0. The number of pyridine rings is 1. The van der Waals surface area contributed by atoms with Crippen molar-refractivity contribution in [3.8, 4) is 5.75 Å². The van der Waals surface area contributed by atoms with Gasteiger partial charge in [0.05, 0.1) is 23.5 Å². The minimum absolute atomic E-state index is 0.465. The van der Waals surface area contributed by atoms with E-state index < -0.39 is 0 Å². The van der Waals surface area contributed by atoms with Gasteiger partial charge in [0.2, 0.25) is 0 Å². The maximum Gasteiger partial charge on any atom is 0.154 e. The summed E-state index contributed by atoms with van der Waals surface area (Å²) in [7, 11) is 1.63. The van der Waals surface area contributed by atoms with Crippen molar-refractivity contribution >= 4 is 27.6 Å². The molecule has 80 valence electrons. The van der Waals surface area contributed by atoms with E-state index in [1.54, 1.807) is 13.3 Å². The Morgan fingerprint density at radius 1 is 1.31 bits per heavy atom. The highest BCUT2D eigenvalue weighted by molar-refractivity contribution is 6.06. The molecular formula is C11H10N4O. The monoisotopic (exact) mass is 214 g/mol. The number of rotatable bonds is 1. The van der Waals surface area contributed by atoms with Crippen molar-refractivity contribution < 1.29 is 4.74 Å². The molecule has 0 atom stereocenters. The van der Waals surface area contributed by atoms with Crippen LogP contribution >= 0.6 is 0 Å². The highest BCUT2D eigenvalue weighted by Crippen LogP contribution is 2.27. The SMILES string of the molecule is COc1ccc2ncc3c(N)n[nH]c3c2c1. The van der Waals surface area contributed by atoms with Crippen LogP contribution in [-0.4, -0.2) is 22.3 Å². The molecule has 2 aromatic heterocycles. The Morgan fingerprint density at radius 3 is 3.00 bits per heavy atom. The molecule has 0 amide bonds. The Bertz CT molecular complexity index is 674. The van der Waals surface area contributed by atoms with Gasteiger partial charge >= 0.3 is 0 Å². The van der Waals surface area contributed by atoms with Gasteiger partial charge in [-0.05, 0) is 18.2 Å². The number of fused-ring (bicyclic) bond motifs is 3. The summed E-state index contributed by atoms with van der Waals surface area (Å²) in [4.78, 5) is 4.32. The first-order valence-corrected chi connectivity index (χ1v) is 4.86. The van der Waals surface area contributed by atoms with Gasteiger partial charge in [-0.15, -0.1) is 0 Å². The van der Waals surface area contributed by atoms with Crippen LogP contribution in [0, 0.1) is 0 Å². The molecule has 0 fully saturated rings. The zero-order valence-corrected chi connectivity index (χ0v) is 8.69. The third kappa shape index (κ3) is 1.11. The second-order valence-corrected chi connectivity index (χ2v) is 3.54. The lowest BCUT2D eigenvalue weighted by molar-refractivity contribution is 0.415. The van der Waals surface area contributed by atoms with Crippen LogP contribution in [0.4, 0.5) is 5.82 Å². The van der Waals surface area contributed by atoms with Crippen molar-refractivity contribution in [3.05, 3.63) is 24.4 Å². The minimum atomic E-state index is 0.465. The van der Waals surface area contributed by atoms with E-state index in [0.717, 1.165) is 27.6 Å². The molecule has 16 heavy (non-hydrogen) atoms. The first-order chi connectivity index (χ1) is 7.79. The molecule has 0 aliphatic rings. The van der Waals surface area contributed by atoms with E-state index in [1.165, 1.54) is 0 Å². The van der Waals surface area contributed by atoms with Gasteiger partial charge in [0, 0.05) is 11.6 Å². The van der Waals surface area contributed by atoms with E-state index >= 15 is 0 Å². The predicted molar refractivity (Wildman–Crippen MR) is 62.4 cm³/mol. The molecule has 0 bridgehead atoms. The van der Waals surface area contributed by atoms with Crippen molar-refractivity contribution in [1.82, 2.24) is 15.2 Å². The van der Waals surface area contributed by atoms with E-state index in [1.807, 2.05) is 18.2 Å². The summed E-state index contributed by atoms with van der Waals surface area (Å²) < 4.78 is 5.18. The molecule has 0 aliphatic heterocycles. The fraction of sp³-hybridized carbons (Fsp3) is 0.0909. The maximum atomic E-state index is 5.72. The molecule has 5 nitrogen and oxygen atoms in total. The van der Waals surface area contributed by atoms with E-state index in [4.69, 9.17) is 10.5 Å². The Hall–Kier alpha value is -2.30. The molecule has 5 heteroatoms. The predicted octanol–water partition coefficient (Wildman–Crippen LogP) is 1.70. The highest BCUT2D eigenvalue weighted by Gasteiger charge is 2.07. The summed E-state index contributed by atoms with van der Waals surface area (Å²) in [5, 5.41) is 8.68. The number of nitrogens with zero attached hydrogens (tertiary/aromatic N) is 2. The lowest BCUT2D eigenvalue weighted by Crippen LogP contribution is -1.86. The zero-order chi connectivity index (χ0) is 11.1. The Kier molecular flexibility index (Phi) is 1.73. The smallest absolute Gasteiger partial charge is 0.154 e. The van der Waals surface area contributed by atoms with Gasteiger partial charge in [-0.25, -0.2) is 0 Å². The lowest BCUT2D eigenvalue weighted by Gasteiger charge is -2.02. The number of aromatic amines is 1. The number of ether oxygens (including phenoxy) is 1. The molecule has 1 aromatic carbocycles. The zero-order valence-electron chi connectivity index (χ0n) is 8.69. The minimum Gasteiger partial charge on any atom is -0.497 e. The van der Waals surface area contributed by atoms with Crippen LogP contribution in [0.3, 0.4) is 0 Å². The number of H-pyrrole nitrogens is 1. The van der Waals surface area contributed by atoms with Gasteiger partial charge in [-0.1, -0.05) is 0 Å². The third-order valence-electron chi connectivity index (χ3n) is 2.64. The summed E-state index contributed by atoms with van der Waals surface area (Å²) in [6.07, 6.45) is 1.73. The number of hydrogen-bond acceptors (Lipinski definition) is 4. The summed E-state index contributed by atoms with van der Waals surface area (Å²) in [5.74, 6) is 1.25. The Morgan fingerprint density at radius 2 is 2.19 bits per heavy atom. The van der Waals surface area contributed by atoms with Crippen molar-refractivity contribution in [3.63, 3.8) is 0 Å². The van der Waals surface area contributed by atoms with Crippen molar-refractivity contribution in [2.24, 2.45) is 0 Å². The van der Waals surface area contributed by atoms with Crippen LogP contribution in [0.5, 0.6) is 5.75 Å². The Labute approximate surface area is 91.2 Å². The average molecular weight is 214 g/mol. The van der Waals surface area contributed by atoms with E-state index in [0.29, 0.717) is 5.82 Å². The van der Waals surface area contributed by atoms with Crippen molar-refractivity contribution in [2.45, 2.75) is 0 Å². The maximum absolute atomic E-state index is 5.72. The second-order valence-electron chi connectivity index (χ2n) is 3.54. The number of aromatic nitrogens is 3. The molecule has 2 heterocycles. The van der Waals surface area contributed by atoms with Crippen molar-refractivity contribution in [1.29, 1.82) is 0 Å². The molecular weight excluding hydrogens is 204 g/mol. The van der Waals surface area contributed by atoms with E-state index in [9.17, 15) is 0 Å². The normalized spacial score (nSPS) is 11.1. The summed E-state index contributed by atoms with van der Waals surface area (Å²) in [5.41, 5.74) is 7.50. The second kappa shape index (κ2) is 3.10. The van der Waals surface area contributed by atoms with Crippen LogP contribution in [0.2, 0.25) is 0 Å². The van der Waals surface area contributed by atoms with E-state index in [-0.39, 0.29) is 0 Å². The first kappa shape index (κ1) is 8.96. The van der Waals surface area contributed by atoms with Crippen LogP contribution in [0.1, 0.15) is 0 Å². The largest absolute Gasteiger partial charge is 0.497 e. The van der Waals surface area contributed by atoms with Gasteiger partial charge in [-0.2, -0.15) is 5.10 Å². The topological polar surface area (TPSA) is 76.8 Å². The molecule has 0 spiro atoms. The van der Waals surface area contributed by atoms with Crippen LogP contribution < -0.4 is 10.5 Å². The number of anilines is 1. The van der Waals surface area contributed by atoms with Crippen LogP contribution in [0.15, 0.2) is 24.4 Å². The third-order valence-corrected chi connectivity index (χ3v) is 2.64. The number of methoxy groups -OCH3 is 1. The first-order valence-electron chi connectivity index (χ1n) is 4.86. The van der Waals surface area contributed by atoms with Gasteiger partial charge in [0.1, 0.15) is 5.75 Å². The molecule has 3 aromatic rings. The fourth-order valence-electron chi connectivity index (χ4n) is 1.79. The lowest BCUT2D eigenvalue weighted by atomic mass is 10.1. The molecule has 0 aliphatic carbocycles. The molecule has 0 radical (unpaired) electrons. The molecule has 0 unspecified atom stereocenters. The average Bonchev–Trinajstić information content (AvgIpc) is 2.71. The summed E-state index contributed by atoms with van der Waals surface area (Å²) >= 11 is 0. The molecule has 0 saturated carbocycles. The Balaban J connectivity index is 2.47. The quantitative estimate of drug-likeness (QED) is 0.646. The molecule has 3 rings (SSSR count). The van der Waals surface area contributed by atoms with Gasteiger partial charge in [0.15, 0.2) is 5.82 Å². The van der Waals surface area contributed by atoms with Crippen molar-refractivity contribution in [2.75, 3.05) is 12.8 Å². The van der Waals surface area contributed by atoms with Crippen LogP contribution in [-0.2, 0) is 0 Å². The fourth-order valence-corrected chi connectivity index (χ4v) is 1.79. The van der Waals surface area contributed by atoms with Gasteiger partial charge in [0.25, 0.3) is 0 Å².